The molecule has 0 amide bonds. The Kier molecular flexibility index (Phi) is 3.14. The molecule has 20 heavy (non-hydrogen) atoms. The third-order valence-electron chi connectivity index (χ3n) is 3.51. The van der Waals surface area contributed by atoms with Crippen molar-refractivity contribution in [1.29, 1.82) is 0 Å². The maximum atomic E-state index is 13.9. The van der Waals surface area contributed by atoms with Crippen LogP contribution in [-0.2, 0) is 6.42 Å². The SMILES string of the molecule is Cc1cnc(C)c(-c2ccc(F)c3c2O[C@H](CN)C3)n1. The molecule has 2 aromatic rings. The standard InChI is InChI=1S/C15H16FN3O/c1-8-7-18-9(2)14(19-8)11-3-4-13(16)12-5-10(6-17)20-15(11)12/h3-4,7,10H,5-6,17H2,1-2H3/t10-/m0/s1. The van der Waals surface area contributed by atoms with Crippen molar-refractivity contribution in [2.45, 2.75) is 26.4 Å². The Balaban J connectivity index is 2.17. The summed E-state index contributed by atoms with van der Waals surface area (Å²) in [7, 11) is 0. The Bertz CT molecular complexity index is 672. The molecule has 1 aromatic heterocycles. The van der Waals surface area contributed by atoms with Gasteiger partial charge in [-0.2, -0.15) is 0 Å². The number of aromatic nitrogens is 2. The van der Waals surface area contributed by atoms with Crippen LogP contribution in [0.3, 0.4) is 0 Å². The topological polar surface area (TPSA) is 61.0 Å². The van der Waals surface area contributed by atoms with Gasteiger partial charge in [0.05, 0.1) is 17.1 Å². The van der Waals surface area contributed by atoms with Crippen molar-refractivity contribution in [3.8, 4) is 17.0 Å². The molecule has 1 aliphatic rings. The summed E-state index contributed by atoms with van der Waals surface area (Å²) in [6, 6.07) is 3.16. The molecule has 0 spiro atoms. The van der Waals surface area contributed by atoms with Gasteiger partial charge in [-0.25, -0.2) is 9.37 Å². The van der Waals surface area contributed by atoms with E-state index in [1.54, 1.807) is 12.3 Å². The number of benzene rings is 1. The van der Waals surface area contributed by atoms with E-state index >= 15 is 0 Å². The van der Waals surface area contributed by atoms with E-state index in [0.29, 0.717) is 24.3 Å². The molecule has 3 rings (SSSR count). The molecule has 0 unspecified atom stereocenters. The van der Waals surface area contributed by atoms with Gasteiger partial charge in [0, 0.05) is 30.3 Å². The molecule has 0 saturated heterocycles. The van der Waals surface area contributed by atoms with E-state index in [2.05, 4.69) is 9.97 Å². The van der Waals surface area contributed by atoms with Crippen LogP contribution < -0.4 is 10.5 Å². The monoisotopic (exact) mass is 273 g/mol. The van der Waals surface area contributed by atoms with Crippen molar-refractivity contribution < 1.29 is 9.13 Å². The second-order valence-corrected chi connectivity index (χ2v) is 5.03. The van der Waals surface area contributed by atoms with Crippen LogP contribution in [0.15, 0.2) is 18.3 Å². The van der Waals surface area contributed by atoms with Gasteiger partial charge < -0.3 is 10.5 Å². The summed E-state index contributed by atoms with van der Waals surface area (Å²) in [5, 5.41) is 0. The molecule has 0 fully saturated rings. The van der Waals surface area contributed by atoms with E-state index in [-0.39, 0.29) is 11.9 Å². The zero-order valence-corrected chi connectivity index (χ0v) is 11.5. The number of halogens is 1. The van der Waals surface area contributed by atoms with Gasteiger partial charge in [0.15, 0.2) is 0 Å². The Morgan fingerprint density at radius 1 is 1.40 bits per heavy atom. The molecule has 0 aliphatic carbocycles. The van der Waals surface area contributed by atoms with Crippen LogP contribution in [0.1, 0.15) is 17.0 Å². The Hall–Kier alpha value is -2.01. The number of fused-ring (bicyclic) bond motifs is 1. The van der Waals surface area contributed by atoms with Gasteiger partial charge in [0.25, 0.3) is 0 Å². The van der Waals surface area contributed by atoms with Gasteiger partial charge in [0.2, 0.25) is 0 Å². The van der Waals surface area contributed by atoms with E-state index in [9.17, 15) is 4.39 Å². The second-order valence-electron chi connectivity index (χ2n) is 5.03. The van der Waals surface area contributed by atoms with E-state index in [4.69, 9.17) is 10.5 Å². The normalized spacial score (nSPS) is 16.9. The van der Waals surface area contributed by atoms with Gasteiger partial charge >= 0.3 is 0 Å². The van der Waals surface area contributed by atoms with Crippen molar-refractivity contribution in [3.05, 3.63) is 41.1 Å². The number of ether oxygens (including phenoxy) is 1. The summed E-state index contributed by atoms with van der Waals surface area (Å²) in [4.78, 5) is 8.81. The van der Waals surface area contributed by atoms with Gasteiger partial charge in [-0.15, -0.1) is 0 Å². The first-order valence-electron chi connectivity index (χ1n) is 6.59. The fraction of sp³-hybridized carbons (Fsp3) is 0.333. The van der Waals surface area contributed by atoms with Crippen LogP contribution in [0.2, 0.25) is 0 Å². The number of hydrogen-bond donors (Lipinski definition) is 1. The maximum absolute atomic E-state index is 13.9. The molecular formula is C15H16FN3O. The van der Waals surface area contributed by atoms with E-state index in [0.717, 1.165) is 22.6 Å². The summed E-state index contributed by atoms with van der Waals surface area (Å²) in [5.41, 5.74) is 9.35. The predicted molar refractivity (Wildman–Crippen MR) is 74.1 cm³/mol. The Labute approximate surface area is 116 Å². The smallest absolute Gasteiger partial charge is 0.135 e. The van der Waals surface area contributed by atoms with E-state index in [1.807, 2.05) is 13.8 Å². The summed E-state index contributed by atoms with van der Waals surface area (Å²) in [6.45, 7) is 4.13. The molecule has 104 valence electrons. The number of aryl methyl sites for hydroxylation is 2. The quantitative estimate of drug-likeness (QED) is 0.911. The van der Waals surface area contributed by atoms with Crippen molar-refractivity contribution in [3.63, 3.8) is 0 Å². The average molecular weight is 273 g/mol. The highest BCUT2D eigenvalue weighted by atomic mass is 19.1. The summed E-state index contributed by atoms with van der Waals surface area (Å²) in [5.74, 6) is 0.307. The zero-order valence-electron chi connectivity index (χ0n) is 11.5. The van der Waals surface area contributed by atoms with Crippen molar-refractivity contribution in [2.24, 2.45) is 5.73 Å². The van der Waals surface area contributed by atoms with Crippen molar-refractivity contribution in [1.82, 2.24) is 9.97 Å². The summed E-state index contributed by atoms with van der Waals surface area (Å²) < 4.78 is 19.7. The van der Waals surface area contributed by atoms with Crippen LogP contribution in [0.25, 0.3) is 11.3 Å². The molecule has 1 aromatic carbocycles. The lowest BCUT2D eigenvalue weighted by atomic mass is 10.0. The first-order chi connectivity index (χ1) is 9.60. The lowest BCUT2D eigenvalue weighted by molar-refractivity contribution is 0.242. The van der Waals surface area contributed by atoms with Gasteiger partial charge in [0.1, 0.15) is 17.7 Å². The van der Waals surface area contributed by atoms with Crippen molar-refractivity contribution in [2.75, 3.05) is 6.54 Å². The molecule has 5 heteroatoms. The molecule has 1 aliphatic heterocycles. The van der Waals surface area contributed by atoms with Crippen LogP contribution in [0, 0.1) is 19.7 Å². The fourth-order valence-corrected chi connectivity index (χ4v) is 2.48. The number of hydrogen-bond acceptors (Lipinski definition) is 4. The number of nitrogens with zero attached hydrogens (tertiary/aromatic N) is 2. The van der Waals surface area contributed by atoms with Crippen LogP contribution in [0.4, 0.5) is 4.39 Å². The largest absolute Gasteiger partial charge is 0.488 e. The minimum Gasteiger partial charge on any atom is -0.488 e. The van der Waals surface area contributed by atoms with Crippen molar-refractivity contribution >= 4 is 0 Å². The lowest BCUT2D eigenvalue weighted by Gasteiger charge is -2.12. The zero-order chi connectivity index (χ0) is 14.3. The first-order valence-corrected chi connectivity index (χ1v) is 6.59. The third-order valence-corrected chi connectivity index (χ3v) is 3.51. The van der Waals surface area contributed by atoms with E-state index in [1.165, 1.54) is 6.07 Å². The molecule has 4 nitrogen and oxygen atoms in total. The minimum absolute atomic E-state index is 0.168. The first kappa shape index (κ1) is 13.0. The van der Waals surface area contributed by atoms with Crippen LogP contribution in [0.5, 0.6) is 5.75 Å². The molecule has 0 bridgehead atoms. The molecule has 2 heterocycles. The predicted octanol–water partition coefficient (Wildman–Crippen LogP) is 2.16. The summed E-state index contributed by atoms with van der Waals surface area (Å²) >= 11 is 0. The van der Waals surface area contributed by atoms with Gasteiger partial charge in [-0.05, 0) is 26.0 Å². The number of rotatable bonds is 2. The van der Waals surface area contributed by atoms with Gasteiger partial charge in [-0.3, -0.25) is 4.98 Å². The Morgan fingerprint density at radius 2 is 2.20 bits per heavy atom. The minimum atomic E-state index is -0.252. The van der Waals surface area contributed by atoms with Crippen LogP contribution in [-0.4, -0.2) is 22.6 Å². The Morgan fingerprint density at radius 3 is 2.95 bits per heavy atom. The second kappa shape index (κ2) is 4.83. The lowest BCUT2D eigenvalue weighted by Crippen LogP contribution is -2.24. The highest BCUT2D eigenvalue weighted by molar-refractivity contribution is 5.72. The van der Waals surface area contributed by atoms with E-state index < -0.39 is 0 Å². The third kappa shape index (κ3) is 2.04. The van der Waals surface area contributed by atoms with Crippen LogP contribution >= 0.6 is 0 Å². The highest BCUT2D eigenvalue weighted by Gasteiger charge is 2.28. The number of nitrogens with two attached hydrogens (primary N) is 1. The summed E-state index contributed by atoms with van der Waals surface area (Å²) in [6.07, 6.45) is 2.05. The molecule has 1 atom stereocenters. The van der Waals surface area contributed by atoms with Gasteiger partial charge in [-0.1, -0.05) is 0 Å². The molecule has 0 radical (unpaired) electrons. The highest BCUT2D eigenvalue weighted by Crippen LogP contribution is 2.40. The average Bonchev–Trinajstić information content (AvgIpc) is 2.87. The fourth-order valence-electron chi connectivity index (χ4n) is 2.48. The molecule has 0 saturated carbocycles. The molecule has 2 N–H and O–H groups in total. The molecular weight excluding hydrogens is 257 g/mol. The maximum Gasteiger partial charge on any atom is 0.135 e.